The van der Waals surface area contributed by atoms with Crippen LogP contribution in [0.5, 0.6) is 5.75 Å². The molecule has 3 aromatic carbocycles. The number of carbonyl (C=O) groups is 1. The van der Waals surface area contributed by atoms with E-state index < -0.39 is 10.0 Å². The highest BCUT2D eigenvalue weighted by molar-refractivity contribution is 7.92. The van der Waals surface area contributed by atoms with E-state index in [4.69, 9.17) is 4.74 Å². The largest absolute Gasteiger partial charge is 0.497 e. The van der Waals surface area contributed by atoms with Gasteiger partial charge in [0.15, 0.2) is 0 Å². The predicted molar refractivity (Wildman–Crippen MR) is 127 cm³/mol. The number of benzene rings is 3. The van der Waals surface area contributed by atoms with Crippen LogP contribution in [-0.2, 0) is 16.6 Å². The van der Waals surface area contributed by atoms with Crippen molar-refractivity contribution in [3.8, 4) is 5.75 Å². The van der Waals surface area contributed by atoms with Crippen molar-refractivity contribution in [2.75, 3.05) is 17.7 Å². The SMILES string of the molecule is CC[C@H](NC(=O)c1ccccc1N(Cc1ccccc1)S(C)(=O)=O)c1ccc(OC)cc1. The van der Waals surface area contributed by atoms with Crippen LogP contribution in [0.25, 0.3) is 0 Å². The smallest absolute Gasteiger partial charge is 0.253 e. The summed E-state index contributed by atoms with van der Waals surface area (Å²) < 4.78 is 31.8. The van der Waals surface area contributed by atoms with Crippen molar-refractivity contribution >= 4 is 21.6 Å². The van der Waals surface area contributed by atoms with E-state index in [1.54, 1.807) is 31.4 Å². The minimum atomic E-state index is -3.63. The third-order valence-electron chi connectivity index (χ3n) is 5.22. The number of amides is 1. The number of nitrogens with one attached hydrogen (secondary N) is 1. The molecule has 32 heavy (non-hydrogen) atoms. The Kier molecular flexibility index (Phi) is 7.53. The summed E-state index contributed by atoms with van der Waals surface area (Å²) in [6, 6.07) is 23.4. The van der Waals surface area contributed by atoms with Gasteiger partial charge in [-0.15, -0.1) is 0 Å². The summed E-state index contributed by atoms with van der Waals surface area (Å²) in [5, 5.41) is 3.05. The normalized spacial score (nSPS) is 12.1. The minimum Gasteiger partial charge on any atom is -0.497 e. The van der Waals surface area contributed by atoms with Gasteiger partial charge >= 0.3 is 0 Å². The Morgan fingerprint density at radius 2 is 1.59 bits per heavy atom. The lowest BCUT2D eigenvalue weighted by atomic mass is 10.0. The van der Waals surface area contributed by atoms with Gasteiger partial charge in [-0.05, 0) is 41.8 Å². The molecule has 0 unspecified atom stereocenters. The Morgan fingerprint density at radius 3 is 2.19 bits per heavy atom. The minimum absolute atomic E-state index is 0.139. The zero-order chi connectivity index (χ0) is 23.1. The van der Waals surface area contributed by atoms with Crippen LogP contribution in [-0.4, -0.2) is 27.7 Å². The van der Waals surface area contributed by atoms with E-state index >= 15 is 0 Å². The van der Waals surface area contributed by atoms with E-state index in [0.717, 1.165) is 23.1 Å². The first-order valence-electron chi connectivity index (χ1n) is 10.4. The molecule has 7 heteroatoms. The number of anilines is 1. The molecule has 0 aromatic heterocycles. The average Bonchev–Trinajstić information content (AvgIpc) is 2.81. The Morgan fingerprint density at radius 1 is 0.969 bits per heavy atom. The Bertz CT molecular complexity index is 1150. The summed E-state index contributed by atoms with van der Waals surface area (Å²) in [7, 11) is -2.02. The zero-order valence-corrected chi connectivity index (χ0v) is 19.3. The number of ether oxygens (including phenoxy) is 1. The molecule has 1 amide bonds. The number of nitrogens with zero attached hydrogens (tertiary/aromatic N) is 1. The standard InChI is InChI=1S/C25H28N2O4S/c1-4-23(20-14-16-21(31-2)17-15-20)26-25(28)22-12-8-9-13-24(22)27(32(3,29)30)18-19-10-6-5-7-11-19/h5-17,23H,4,18H2,1-3H3,(H,26,28)/t23-/m0/s1. The molecule has 1 N–H and O–H groups in total. The summed E-state index contributed by atoms with van der Waals surface area (Å²) in [5.41, 5.74) is 2.43. The monoisotopic (exact) mass is 452 g/mol. The molecular weight excluding hydrogens is 424 g/mol. The number of sulfonamides is 1. The van der Waals surface area contributed by atoms with Gasteiger partial charge in [0.25, 0.3) is 5.91 Å². The molecule has 0 aliphatic heterocycles. The number of para-hydroxylation sites is 1. The third-order valence-corrected chi connectivity index (χ3v) is 6.34. The highest BCUT2D eigenvalue weighted by atomic mass is 32.2. The maximum atomic E-state index is 13.3. The molecule has 0 aliphatic rings. The van der Waals surface area contributed by atoms with Gasteiger partial charge in [0.05, 0.1) is 37.2 Å². The fourth-order valence-corrected chi connectivity index (χ4v) is 4.41. The van der Waals surface area contributed by atoms with Crippen molar-refractivity contribution in [1.82, 2.24) is 5.32 Å². The first kappa shape index (κ1) is 23.3. The van der Waals surface area contributed by atoms with Crippen molar-refractivity contribution in [3.63, 3.8) is 0 Å². The van der Waals surface area contributed by atoms with Gasteiger partial charge in [0.1, 0.15) is 5.75 Å². The van der Waals surface area contributed by atoms with Gasteiger partial charge in [0, 0.05) is 0 Å². The molecular formula is C25H28N2O4S. The molecule has 0 saturated heterocycles. The lowest BCUT2D eigenvalue weighted by Crippen LogP contribution is -2.33. The second-order valence-corrected chi connectivity index (χ2v) is 9.39. The third kappa shape index (κ3) is 5.68. The summed E-state index contributed by atoms with van der Waals surface area (Å²) in [4.78, 5) is 13.3. The van der Waals surface area contributed by atoms with E-state index in [9.17, 15) is 13.2 Å². The van der Waals surface area contributed by atoms with Crippen molar-refractivity contribution in [2.45, 2.75) is 25.9 Å². The summed E-state index contributed by atoms with van der Waals surface area (Å²) in [5.74, 6) is 0.412. The van der Waals surface area contributed by atoms with E-state index in [2.05, 4.69) is 5.32 Å². The average molecular weight is 453 g/mol. The molecule has 3 aromatic rings. The summed E-state index contributed by atoms with van der Waals surface area (Å²) in [6.45, 7) is 2.12. The topological polar surface area (TPSA) is 75.7 Å². The van der Waals surface area contributed by atoms with Crippen molar-refractivity contribution < 1.29 is 17.9 Å². The fourth-order valence-electron chi connectivity index (χ4n) is 3.51. The molecule has 0 spiro atoms. The Labute approximate surface area is 189 Å². The van der Waals surface area contributed by atoms with Crippen LogP contribution < -0.4 is 14.4 Å². The Hall–Kier alpha value is -3.32. The van der Waals surface area contributed by atoms with Crippen LogP contribution in [0.3, 0.4) is 0 Å². The summed E-state index contributed by atoms with van der Waals surface area (Å²) >= 11 is 0. The van der Waals surface area contributed by atoms with Gasteiger partial charge in [-0.25, -0.2) is 8.42 Å². The zero-order valence-electron chi connectivity index (χ0n) is 18.5. The van der Waals surface area contributed by atoms with Crippen LogP contribution in [0.2, 0.25) is 0 Å². The second kappa shape index (κ2) is 10.3. The molecule has 0 heterocycles. The lowest BCUT2D eigenvalue weighted by molar-refractivity contribution is 0.0936. The van der Waals surface area contributed by atoms with Crippen LogP contribution >= 0.6 is 0 Å². The summed E-state index contributed by atoms with van der Waals surface area (Å²) in [6.07, 6.45) is 1.83. The van der Waals surface area contributed by atoms with Crippen molar-refractivity contribution in [3.05, 3.63) is 95.6 Å². The van der Waals surface area contributed by atoms with E-state index in [-0.39, 0.29) is 18.5 Å². The van der Waals surface area contributed by atoms with Crippen molar-refractivity contribution in [1.29, 1.82) is 0 Å². The van der Waals surface area contributed by atoms with Crippen LogP contribution in [0, 0.1) is 0 Å². The quantitative estimate of drug-likeness (QED) is 0.517. The fraction of sp³-hybridized carbons (Fsp3) is 0.240. The predicted octanol–water partition coefficient (Wildman–Crippen LogP) is 4.54. The van der Waals surface area contributed by atoms with Crippen molar-refractivity contribution in [2.24, 2.45) is 0 Å². The highest BCUT2D eigenvalue weighted by Gasteiger charge is 2.24. The van der Waals surface area contributed by atoms with E-state index in [1.165, 1.54) is 4.31 Å². The first-order chi connectivity index (χ1) is 15.3. The highest BCUT2D eigenvalue weighted by Crippen LogP contribution is 2.27. The van der Waals surface area contributed by atoms with Gasteiger partial charge in [-0.3, -0.25) is 9.10 Å². The molecule has 6 nitrogen and oxygen atoms in total. The number of methoxy groups -OCH3 is 1. The molecule has 0 saturated carbocycles. The van der Waals surface area contributed by atoms with E-state index in [1.807, 2.05) is 61.5 Å². The lowest BCUT2D eigenvalue weighted by Gasteiger charge is -2.26. The second-order valence-electron chi connectivity index (χ2n) is 7.48. The maximum Gasteiger partial charge on any atom is 0.253 e. The molecule has 168 valence electrons. The van der Waals surface area contributed by atoms with Gasteiger partial charge < -0.3 is 10.1 Å². The number of hydrogen-bond donors (Lipinski definition) is 1. The molecule has 0 aliphatic carbocycles. The van der Waals surface area contributed by atoms with Crippen LogP contribution in [0.4, 0.5) is 5.69 Å². The molecule has 0 radical (unpaired) electrons. The number of carbonyl (C=O) groups excluding carboxylic acids is 1. The van der Waals surface area contributed by atoms with Gasteiger partial charge in [0.2, 0.25) is 10.0 Å². The van der Waals surface area contributed by atoms with Crippen LogP contribution in [0.15, 0.2) is 78.9 Å². The molecule has 0 fully saturated rings. The molecule has 0 bridgehead atoms. The van der Waals surface area contributed by atoms with Gasteiger partial charge in [-0.2, -0.15) is 0 Å². The first-order valence-corrected chi connectivity index (χ1v) is 12.2. The Balaban J connectivity index is 1.91. The van der Waals surface area contributed by atoms with Gasteiger partial charge in [-0.1, -0.05) is 61.5 Å². The maximum absolute atomic E-state index is 13.3. The number of rotatable bonds is 9. The van der Waals surface area contributed by atoms with Crippen LogP contribution in [0.1, 0.15) is 40.9 Å². The molecule has 3 rings (SSSR count). The molecule has 1 atom stereocenters. The number of hydrogen-bond acceptors (Lipinski definition) is 4. The van der Waals surface area contributed by atoms with E-state index in [0.29, 0.717) is 17.7 Å².